The van der Waals surface area contributed by atoms with Gasteiger partial charge in [-0.1, -0.05) is 6.07 Å². The molecule has 2 aromatic rings. The molecular weight excluding hydrogens is 405 g/mol. The first-order chi connectivity index (χ1) is 13.5. The third-order valence-corrected chi connectivity index (χ3v) is 5.72. The normalized spacial score (nSPS) is 12.8. The van der Waals surface area contributed by atoms with E-state index in [1.165, 1.54) is 42.2 Å². The van der Waals surface area contributed by atoms with Gasteiger partial charge in [-0.3, -0.25) is 4.99 Å². The van der Waals surface area contributed by atoms with Gasteiger partial charge in [-0.25, -0.2) is 8.42 Å². The Balaban J connectivity index is 2.41. The summed E-state index contributed by atoms with van der Waals surface area (Å²) in [5, 5.41) is 8.95. The topological polar surface area (TPSA) is 85.6 Å². The van der Waals surface area contributed by atoms with Crippen LogP contribution in [-0.2, 0) is 16.2 Å². The number of hydrogen-bond donors (Lipinski definition) is 1. The highest BCUT2D eigenvalue weighted by Gasteiger charge is 2.32. The van der Waals surface area contributed by atoms with E-state index >= 15 is 0 Å². The van der Waals surface area contributed by atoms with Crippen LogP contribution in [0.4, 0.5) is 24.5 Å². The molecule has 1 unspecified atom stereocenters. The molecule has 0 spiro atoms. The lowest BCUT2D eigenvalue weighted by atomic mass is 10.1. The summed E-state index contributed by atoms with van der Waals surface area (Å²) in [4.78, 5) is 5.07. The van der Waals surface area contributed by atoms with Crippen molar-refractivity contribution in [2.24, 2.45) is 4.99 Å². The molecule has 0 saturated carbocycles. The quantitative estimate of drug-likeness (QED) is 0.537. The fourth-order valence-corrected chi connectivity index (χ4v) is 4.06. The average Bonchev–Trinajstić information content (AvgIpc) is 2.67. The molecule has 0 aliphatic carbocycles. The molecule has 154 valence electrons. The molecule has 1 atom stereocenters. The van der Waals surface area contributed by atoms with Crippen LogP contribution < -0.4 is 9.62 Å². The molecule has 0 radical (unpaired) electrons. The van der Waals surface area contributed by atoms with Crippen molar-refractivity contribution >= 4 is 28.1 Å². The summed E-state index contributed by atoms with van der Waals surface area (Å²) in [6.45, 7) is 6.75. The molecule has 0 amide bonds. The highest BCUT2D eigenvalue weighted by molar-refractivity contribution is 7.89. The molecule has 1 N–H and O–H groups in total. The number of rotatable bonds is 7. The largest absolute Gasteiger partial charge is 0.416 e. The van der Waals surface area contributed by atoms with Crippen LogP contribution in [0.5, 0.6) is 0 Å². The van der Waals surface area contributed by atoms with E-state index in [1.807, 2.05) is 6.07 Å². The zero-order valence-electron chi connectivity index (χ0n) is 15.7. The molecule has 0 aliphatic heterocycles. The van der Waals surface area contributed by atoms with Crippen LogP contribution >= 0.6 is 0 Å². The van der Waals surface area contributed by atoms with Gasteiger partial charge in [-0.15, -0.1) is 0 Å². The summed E-state index contributed by atoms with van der Waals surface area (Å²) < 4.78 is 67.2. The molecule has 0 fully saturated rings. The molecule has 0 saturated heterocycles. The number of nitriles is 1. The molecule has 29 heavy (non-hydrogen) atoms. The van der Waals surface area contributed by atoms with Gasteiger partial charge in [-0.05, 0) is 57.0 Å². The SMILES string of the molecule is C=Nc1ccc(C(F)(F)F)cc1N(CC)C(C)NS(=O)(=O)c1cccc(C#N)c1. The molecule has 0 aliphatic rings. The van der Waals surface area contributed by atoms with Gasteiger partial charge in [0, 0.05) is 6.54 Å². The number of halogens is 3. The number of alkyl halides is 3. The molecule has 2 aromatic carbocycles. The molecule has 10 heteroatoms. The zero-order valence-corrected chi connectivity index (χ0v) is 16.5. The monoisotopic (exact) mass is 424 g/mol. The van der Waals surface area contributed by atoms with Gasteiger partial charge < -0.3 is 4.90 Å². The minimum absolute atomic E-state index is 0.0956. The van der Waals surface area contributed by atoms with Crippen molar-refractivity contribution in [3.05, 3.63) is 53.6 Å². The van der Waals surface area contributed by atoms with E-state index in [1.54, 1.807) is 6.92 Å². The van der Waals surface area contributed by atoms with Crippen molar-refractivity contribution in [3.8, 4) is 6.07 Å². The second-order valence-electron chi connectivity index (χ2n) is 6.08. The van der Waals surface area contributed by atoms with Crippen LogP contribution in [0.25, 0.3) is 0 Å². The molecule has 6 nitrogen and oxygen atoms in total. The minimum Gasteiger partial charge on any atom is -0.354 e. The fraction of sp³-hybridized carbons (Fsp3) is 0.263. The maximum atomic E-state index is 13.1. The van der Waals surface area contributed by atoms with Gasteiger partial charge in [0.05, 0.1) is 39.6 Å². The summed E-state index contributed by atoms with van der Waals surface area (Å²) in [7, 11) is -4.02. The third-order valence-electron chi connectivity index (χ3n) is 4.19. The minimum atomic E-state index is -4.56. The van der Waals surface area contributed by atoms with E-state index in [0.717, 1.165) is 12.1 Å². The molecule has 2 rings (SSSR count). The lowest BCUT2D eigenvalue weighted by Crippen LogP contribution is -2.46. The molecule has 0 bridgehead atoms. The standard InChI is InChI=1S/C19H19F3N4O2S/c1-4-26(18-11-15(19(20,21)22)8-9-17(18)24-3)13(2)25-29(27,28)16-7-5-6-14(10-16)12-23/h5-11,13,25H,3-4H2,1-2H3. The van der Waals surface area contributed by atoms with Gasteiger partial charge in [0.15, 0.2) is 0 Å². The van der Waals surface area contributed by atoms with Crippen LogP contribution in [0.3, 0.4) is 0 Å². The van der Waals surface area contributed by atoms with Crippen molar-refractivity contribution in [2.45, 2.75) is 31.1 Å². The summed E-state index contributed by atoms with van der Waals surface area (Å²) in [6.07, 6.45) is -5.46. The van der Waals surface area contributed by atoms with Gasteiger partial charge in [0.2, 0.25) is 10.0 Å². The van der Waals surface area contributed by atoms with Crippen molar-refractivity contribution in [3.63, 3.8) is 0 Å². The van der Waals surface area contributed by atoms with Gasteiger partial charge in [0.25, 0.3) is 0 Å². The Hall–Kier alpha value is -2.90. The van der Waals surface area contributed by atoms with Crippen molar-refractivity contribution < 1.29 is 21.6 Å². The summed E-state index contributed by atoms with van der Waals surface area (Å²) in [6, 6.07) is 10.3. The third kappa shape index (κ3) is 5.13. The zero-order chi connectivity index (χ0) is 21.8. The number of aliphatic imine (C=N–C) groups is 1. The van der Waals surface area contributed by atoms with E-state index in [-0.39, 0.29) is 28.4 Å². The number of sulfonamides is 1. The van der Waals surface area contributed by atoms with Crippen LogP contribution in [0, 0.1) is 11.3 Å². The second-order valence-corrected chi connectivity index (χ2v) is 7.80. The van der Waals surface area contributed by atoms with Crippen LogP contribution in [0.1, 0.15) is 25.0 Å². The number of anilines is 1. The molecular formula is C19H19F3N4O2S. The van der Waals surface area contributed by atoms with E-state index in [9.17, 15) is 21.6 Å². The molecule has 0 heterocycles. The van der Waals surface area contributed by atoms with Crippen molar-refractivity contribution in [1.82, 2.24) is 4.72 Å². The van der Waals surface area contributed by atoms with E-state index < -0.39 is 27.9 Å². The lowest BCUT2D eigenvalue weighted by molar-refractivity contribution is -0.137. The van der Waals surface area contributed by atoms with Crippen molar-refractivity contribution in [2.75, 3.05) is 11.4 Å². The van der Waals surface area contributed by atoms with E-state index in [4.69, 9.17) is 5.26 Å². The van der Waals surface area contributed by atoms with Crippen LogP contribution in [0.15, 0.2) is 52.4 Å². The predicted octanol–water partition coefficient (Wildman–Crippen LogP) is 4.06. The molecule has 0 aromatic heterocycles. The summed E-state index contributed by atoms with van der Waals surface area (Å²) >= 11 is 0. The van der Waals surface area contributed by atoms with Crippen molar-refractivity contribution in [1.29, 1.82) is 5.26 Å². The Morgan fingerprint density at radius 1 is 1.28 bits per heavy atom. The maximum Gasteiger partial charge on any atom is 0.416 e. The highest BCUT2D eigenvalue weighted by Crippen LogP contribution is 2.37. The first-order valence-corrected chi connectivity index (χ1v) is 9.99. The van der Waals surface area contributed by atoms with Gasteiger partial charge in [-0.2, -0.15) is 23.2 Å². The van der Waals surface area contributed by atoms with Crippen LogP contribution in [-0.4, -0.2) is 27.8 Å². The lowest BCUT2D eigenvalue weighted by Gasteiger charge is -2.32. The Bertz CT molecular complexity index is 1050. The number of benzene rings is 2. The number of nitrogens with one attached hydrogen (secondary N) is 1. The summed E-state index contributed by atoms with van der Waals surface area (Å²) in [5.41, 5.74) is -0.422. The Morgan fingerprint density at radius 3 is 2.52 bits per heavy atom. The van der Waals surface area contributed by atoms with Crippen LogP contribution in [0.2, 0.25) is 0 Å². The average molecular weight is 424 g/mol. The van der Waals surface area contributed by atoms with E-state index in [0.29, 0.717) is 0 Å². The number of nitrogens with zero attached hydrogens (tertiary/aromatic N) is 3. The van der Waals surface area contributed by atoms with E-state index in [2.05, 4.69) is 16.4 Å². The van der Waals surface area contributed by atoms with Gasteiger partial charge in [0.1, 0.15) is 0 Å². The maximum absolute atomic E-state index is 13.1. The second kappa shape index (κ2) is 8.63. The Morgan fingerprint density at radius 2 is 1.97 bits per heavy atom. The Labute approximate surface area is 167 Å². The highest BCUT2D eigenvalue weighted by atomic mass is 32.2. The first kappa shape index (κ1) is 22.4. The number of hydrogen-bond acceptors (Lipinski definition) is 5. The smallest absolute Gasteiger partial charge is 0.354 e. The van der Waals surface area contributed by atoms with Gasteiger partial charge >= 0.3 is 6.18 Å². The Kier molecular flexibility index (Phi) is 6.66. The first-order valence-electron chi connectivity index (χ1n) is 8.50. The predicted molar refractivity (Wildman–Crippen MR) is 105 cm³/mol. The fourth-order valence-electron chi connectivity index (χ4n) is 2.81. The summed E-state index contributed by atoms with van der Waals surface area (Å²) in [5.74, 6) is 0.